The van der Waals surface area contributed by atoms with Gasteiger partial charge in [0.1, 0.15) is 24.0 Å². The van der Waals surface area contributed by atoms with Crippen LogP contribution in [0.3, 0.4) is 0 Å². The minimum atomic E-state index is -0.0218. The molecule has 2 unspecified atom stereocenters. The number of fused-ring (bicyclic) bond motifs is 1. The Morgan fingerprint density at radius 2 is 2.28 bits per heavy atom. The Morgan fingerprint density at radius 1 is 1.40 bits per heavy atom. The van der Waals surface area contributed by atoms with Gasteiger partial charge in [-0.2, -0.15) is 0 Å². The third-order valence-electron chi connectivity index (χ3n) is 5.01. The Hall–Kier alpha value is -2.57. The Kier molecular flexibility index (Phi) is 4.29. The monoisotopic (exact) mass is 341 g/mol. The molecule has 7 heteroatoms. The lowest BCUT2D eigenvalue weighted by molar-refractivity contribution is 0.168. The molecular formula is C18H23N5O2. The van der Waals surface area contributed by atoms with Gasteiger partial charge in [0.25, 0.3) is 0 Å². The van der Waals surface area contributed by atoms with Gasteiger partial charge in [0.2, 0.25) is 0 Å². The maximum atomic E-state index is 12.5. The molecule has 0 radical (unpaired) electrons. The SMILES string of the molecule is Cn1cnnc1C1CCCN(C(=O)NCC2Cc3ccccc3O2)C1. The third kappa shape index (κ3) is 3.31. The van der Waals surface area contributed by atoms with Crippen LogP contribution >= 0.6 is 0 Å². The molecule has 4 rings (SSSR count). The number of benzene rings is 1. The van der Waals surface area contributed by atoms with Crippen molar-refractivity contribution in [2.45, 2.75) is 31.3 Å². The van der Waals surface area contributed by atoms with Gasteiger partial charge in [0, 0.05) is 32.5 Å². The maximum Gasteiger partial charge on any atom is 0.317 e. The Bertz CT molecular complexity index is 734. The van der Waals surface area contributed by atoms with E-state index in [4.69, 9.17) is 4.74 Å². The van der Waals surface area contributed by atoms with Crippen molar-refractivity contribution in [2.75, 3.05) is 19.6 Å². The molecule has 0 aliphatic carbocycles. The third-order valence-corrected chi connectivity index (χ3v) is 5.01. The van der Waals surface area contributed by atoms with Gasteiger partial charge in [-0.05, 0) is 24.5 Å². The number of amides is 2. The number of aryl methyl sites for hydroxylation is 1. The molecule has 2 aliphatic rings. The number of aromatic nitrogens is 3. The molecule has 1 aromatic carbocycles. The molecule has 2 aromatic rings. The molecule has 7 nitrogen and oxygen atoms in total. The van der Waals surface area contributed by atoms with Crippen LogP contribution in [0.25, 0.3) is 0 Å². The first-order chi connectivity index (χ1) is 12.2. The fourth-order valence-electron chi connectivity index (χ4n) is 3.71. The number of urea groups is 1. The molecular weight excluding hydrogens is 318 g/mol. The van der Waals surface area contributed by atoms with E-state index in [0.29, 0.717) is 13.1 Å². The fourth-order valence-corrected chi connectivity index (χ4v) is 3.71. The number of hydrogen-bond donors (Lipinski definition) is 1. The normalized spacial score (nSPS) is 22.4. The zero-order valence-electron chi connectivity index (χ0n) is 14.4. The Balaban J connectivity index is 1.30. The second-order valence-corrected chi connectivity index (χ2v) is 6.82. The van der Waals surface area contributed by atoms with Crippen LogP contribution in [0.1, 0.15) is 30.1 Å². The summed E-state index contributed by atoms with van der Waals surface area (Å²) in [7, 11) is 1.95. The molecule has 25 heavy (non-hydrogen) atoms. The Morgan fingerprint density at radius 3 is 3.08 bits per heavy atom. The average Bonchev–Trinajstić information content (AvgIpc) is 3.25. The van der Waals surface area contributed by atoms with Crippen molar-refractivity contribution in [2.24, 2.45) is 7.05 Å². The molecule has 2 amide bonds. The lowest BCUT2D eigenvalue weighted by Gasteiger charge is -2.32. The number of nitrogens with one attached hydrogen (secondary N) is 1. The van der Waals surface area contributed by atoms with Gasteiger partial charge in [0.05, 0.1) is 6.54 Å². The minimum absolute atomic E-state index is 0.0145. The number of carbonyl (C=O) groups excluding carboxylic acids is 1. The molecule has 1 fully saturated rings. The van der Waals surface area contributed by atoms with Crippen molar-refractivity contribution >= 4 is 6.03 Å². The molecule has 2 aliphatic heterocycles. The van der Waals surface area contributed by atoms with E-state index in [2.05, 4.69) is 21.6 Å². The highest BCUT2D eigenvalue weighted by Gasteiger charge is 2.28. The molecule has 2 atom stereocenters. The largest absolute Gasteiger partial charge is 0.488 e. The molecule has 0 spiro atoms. The van der Waals surface area contributed by atoms with Crippen LogP contribution in [0.15, 0.2) is 30.6 Å². The number of likely N-dealkylation sites (tertiary alicyclic amines) is 1. The standard InChI is InChI=1S/C18H23N5O2/c1-22-12-20-21-17(22)14-6-4-8-23(11-14)18(24)19-10-15-9-13-5-2-3-7-16(13)25-15/h2-3,5,7,12,14-15H,4,6,8-11H2,1H3,(H,19,24). The first-order valence-electron chi connectivity index (χ1n) is 8.82. The quantitative estimate of drug-likeness (QED) is 0.922. The minimum Gasteiger partial charge on any atom is -0.488 e. The molecule has 1 N–H and O–H groups in total. The zero-order chi connectivity index (χ0) is 17.2. The number of hydrogen-bond acceptors (Lipinski definition) is 4. The molecule has 0 bridgehead atoms. The predicted octanol–water partition coefficient (Wildman–Crippen LogP) is 1.71. The molecule has 1 aromatic heterocycles. The van der Waals surface area contributed by atoms with E-state index < -0.39 is 0 Å². The van der Waals surface area contributed by atoms with Gasteiger partial charge in [-0.1, -0.05) is 18.2 Å². The fraction of sp³-hybridized carbons (Fsp3) is 0.500. The molecule has 3 heterocycles. The van der Waals surface area contributed by atoms with Gasteiger partial charge in [-0.3, -0.25) is 0 Å². The van der Waals surface area contributed by atoms with Crippen molar-refractivity contribution in [3.63, 3.8) is 0 Å². The van der Waals surface area contributed by atoms with E-state index in [9.17, 15) is 4.79 Å². The zero-order valence-corrected chi connectivity index (χ0v) is 14.4. The van der Waals surface area contributed by atoms with Crippen LogP contribution in [0.2, 0.25) is 0 Å². The summed E-state index contributed by atoms with van der Waals surface area (Å²) >= 11 is 0. The highest BCUT2D eigenvalue weighted by molar-refractivity contribution is 5.74. The van der Waals surface area contributed by atoms with E-state index >= 15 is 0 Å². The van der Waals surface area contributed by atoms with Crippen molar-refractivity contribution in [3.05, 3.63) is 42.0 Å². The molecule has 132 valence electrons. The van der Waals surface area contributed by atoms with E-state index in [1.807, 2.05) is 34.7 Å². The summed E-state index contributed by atoms with van der Waals surface area (Å²) in [6.45, 7) is 1.99. The van der Waals surface area contributed by atoms with Crippen LogP contribution in [0.5, 0.6) is 5.75 Å². The summed E-state index contributed by atoms with van der Waals surface area (Å²) in [5.74, 6) is 2.13. The lowest BCUT2D eigenvalue weighted by Crippen LogP contribution is -2.47. The second-order valence-electron chi connectivity index (χ2n) is 6.82. The van der Waals surface area contributed by atoms with Crippen molar-refractivity contribution in [1.82, 2.24) is 25.0 Å². The van der Waals surface area contributed by atoms with Crippen molar-refractivity contribution in [3.8, 4) is 5.75 Å². The van der Waals surface area contributed by atoms with Crippen LogP contribution in [-0.2, 0) is 13.5 Å². The number of ether oxygens (including phenoxy) is 1. The average molecular weight is 341 g/mol. The summed E-state index contributed by atoms with van der Waals surface area (Å²) in [6, 6.07) is 8.02. The van der Waals surface area contributed by atoms with Crippen LogP contribution in [-0.4, -0.2) is 51.4 Å². The highest BCUT2D eigenvalue weighted by atomic mass is 16.5. The van der Waals surface area contributed by atoms with Gasteiger partial charge < -0.3 is 19.5 Å². The maximum absolute atomic E-state index is 12.5. The van der Waals surface area contributed by atoms with E-state index in [0.717, 1.165) is 37.4 Å². The first-order valence-corrected chi connectivity index (χ1v) is 8.82. The van der Waals surface area contributed by atoms with Crippen molar-refractivity contribution < 1.29 is 9.53 Å². The van der Waals surface area contributed by atoms with Gasteiger partial charge in [-0.25, -0.2) is 4.79 Å². The van der Waals surface area contributed by atoms with E-state index in [1.165, 1.54) is 5.56 Å². The van der Waals surface area contributed by atoms with Gasteiger partial charge >= 0.3 is 6.03 Å². The number of rotatable bonds is 3. The first kappa shape index (κ1) is 15.9. The number of carbonyl (C=O) groups is 1. The number of piperidine rings is 1. The van der Waals surface area contributed by atoms with E-state index in [1.54, 1.807) is 6.33 Å². The van der Waals surface area contributed by atoms with Crippen LogP contribution in [0.4, 0.5) is 4.79 Å². The van der Waals surface area contributed by atoms with Crippen LogP contribution in [0, 0.1) is 0 Å². The van der Waals surface area contributed by atoms with Crippen molar-refractivity contribution in [1.29, 1.82) is 0 Å². The molecule has 1 saturated heterocycles. The van der Waals surface area contributed by atoms with Crippen LogP contribution < -0.4 is 10.1 Å². The topological polar surface area (TPSA) is 72.3 Å². The number of nitrogens with zero attached hydrogens (tertiary/aromatic N) is 4. The summed E-state index contributed by atoms with van der Waals surface area (Å²) in [4.78, 5) is 14.4. The van der Waals surface area contributed by atoms with E-state index in [-0.39, 0.29) is 18.1 Å². The number of para-hydroxylation sites is 1. The lowest BCUT2D eigenvalue weighted by atomic mass is 9.97. The summed E-state index contributed by atoms with van der Waals surface area (Å²) < 4.78 is 7.83. The van der Waals surface area contributed by atoms with Gasteiger partial charge in [0.15, 0.2) is 0 Å². The highest BCUT2D eigenvalue weighted by Crippen LogP contribution is 2.28. The Labute approximate surface area is 147 Å². The molecule has 0 saturated carbocycles. The summed E-state index contributed by atoms with van der Waals surface area (Å²) in [5, 5.41) is 11.2. The second kappa shape index (κ2) is 6.74. The summed E-state index contributed by atoms with van der Waals surface area (Å²) in [5.41, 5.74) is 1.21. The van der Waals surface area contributed by atoms with Gasteiger partial charge in [-0.15, -0.1) is 10.2 Å². The predicted molar refractivity (Wildman–Crippen MR) is 92.5 cm³/mol. The summed E-state index contributed by atoms with van der Waals surface area (Å²) in [6.07, 6.45) is 4.59. The smallest absolute Gasteiger partial charge is 0.317 e.